The van der Waals surface area contributed by atoms with E-state index in [0.29, 0.717) is 5.56 Å². The van der Waals surface area contributed by atoms with Gasteiger partial charge in [0.1, 0.15) is 0 Å². The summed E-state index contributed by atoms with van der Waals surface area (Å²) in [5.41, 5.74) is 0.771. The zero-order valence-corrected chi connectivity index (χ0v) is 9.81. The second-order valence-corrected chi connectivity index (χ2v) is 3.90. The van der Waals surface area contributed by atoms with Crippen LogP contribution in [0, 0.1) is 27.5 Å². The van der Waals surface area contributed by atoms with E-state index in [1.807, 2.05) is 6.07 Å². The summed E-state index contributed by atoms with van der Waals surface area (Å²) in [5.74, 6) is 0. The van der Waals surface area contributed by atoms with Crippen molar-refractivity contribution in [1.82, 2.24) is 0 Å². The van der Waals surface area contributed by atoms with Crippen LogP contribution in [0.2, 0.25) is 5.02 Å². The van der Waals surface area contributed by atoms with E-state index in [9.17, 15) is 10.1 Å². The molecule has 0 saturated heterocycles. The maximum Gasteiger partial charge on any atom is 0.280 e. The normalized spacial score (nSPS) is 9.78. The van der Waals surface area contributed by atoms with Crippen LogP contribution in [0.4, 0.5) is 5.69 Å². The van der Waals surface area contributed by atoms with Crippen molar-refractivity contribution < 1.29 is 4.92 Å². The average molecular weight is 258 g/mol. The van der Waals surface area contributed by atoms with E-state index in [4.69, 9.17) is 16.9 Å². The topological polar surface area (TPSA) is 66.9 Å². The van der Waals surface area contributed by atoms with Crippen LogP contribution in [0.15, 0.2) is 36.4 Å². The van der Waals surface area contributed by atoms with Gasteiger partial charge in [0.2, 0.25) is 0 Å². The first-order valence-corrected chi connectivity index (χ1v) is 5.36. The van der Waals surface area contributed by atoms with Crippen LogP contribution >= 0.6 is 11.6 Å². The van der Waals surface area contributed by atoms with Crippen molar-refractivity contribution in [3.63, 3.8) is 0 Å². The van der Waals surface area contributed by atoms with E-state index in [0.717, 1.165) is 0 Å². The Kier molecular flexibility index (Phi) is 3.26. The van der Waals surface area contributed by atoms with Crippen LogP contribution in [0.25, 0.3) is 11.1 Å². The van der Waals surface area contributed by atoms with E-state index in [-0.39, 0.29) is 21.8 Å². The van der Waals surface area contributed by atoms with Crippen LogP contribution in [-0.2, 0) is 0 Å². The molecule has 0 spiro atoms. The summed E-state index contributed by atoms with van der Waals surface area (Å²) >= 11 is 6.02. The van der Waals surface area contributed by atoms with Gasteiger partial charge in [-0.25, -0.2) is 0 Å². The quantitative estimate of drug-likeness (QED) is 0.610. The standard InChI is InChI=1S/C13H6ClN2O2/c14-11-6-9(8-15)7-12(16(17)18)13(11)10-4-2-1-3-5-10/h1-4,6-7H. The largest absolute Gasteiger partial charge is 0.280 e. The van der Waals surface area contributed by atoms with Crippen LogP contribution in [0.5, 0.6) is 0 Å². The van der Waals surface area contributed by atoms with Gasteiger partial charge in [-0.05, 0) is 17.7 Å². The monoisotopic (exact) mass is 257 g/mol. The predicted octanol–water partition coefficient (Wildman–Crippen LogP) is 3.59. The molecule has 5 heteroatoms. The number of nitro groups is 1. The number of benzene rings is 2. The molecule has 0 heterocycles. The summed E-state index contributed by atoms with van der Waals surface area (Å²) in [6.45, 7) is 0. The number of nitrogens with zero attached hydrogens (tertiary/aromatic N) is 2. The van der Waals surface area contributed by atoms with Crippen molar-refractivity contribution in [2.75, 3.05) is 0 Å². The van der Waals surface area contributed by atoms with Crippen LogP contribution in [0.3, 0.4) is 0 Å². The SMILES string of the molecule is N#Cc1cc(Cl)c(-c2[c]cccc2)c([N+](=O)[O-])c1. The number of hydrogen-bond donors (Lipinski definition) is 0. The number of nitro benzene ring substituents is 1. The molecule has 0 amide bonds. The highest BCUT2D eigenvalue weighted by atomic mass is 35.5. The molecule has 0 fully saturated rings. The van der Waals surface area contributed by atoms with Crippen molar-refractivity contribution >= 4 is 17.3 Å². The fraction of sp³-hybridized carbons (Fsp3) is 0. The Morgan fingerprint density at radius 2 is 2.17 bits per heavy atom. The van der Waals surface area contributed by atoms with Gasteiger partial charge in [0.05, 0.1) is 27.1 Å². The lowest BCUT2D eigenvalue weighted by Crippen LogP contribution is -1.94. The highest BCUT2D eigenvalue weighted by Gasteiger charge is 2.20. The fourth-order valence-electron chi connectivity index (χ4n) is 1.62. The lowest BCUT2D eigenvalue weighted by Gasteiger charge is -2.05. The minimum absolute atomic E-state index is 0.159. The minimum Gasteiger partial charge on any atom is -0.258 e. The molecule has 0 aliphatic rings. The van der Waals surface area contributed by atoms with E-state index in [2.05, 4.69) is 6.07 Å². The van der Waals surface area contributed by atoms with Crippen molar-refractivity contribution in [3.8, 4) is 17.2 Å². The van der Waals surface area contributed by atoms with Crippen molar-refractivity contribution in [1.29, 1.82) is 5.26 Å². The molecule has 2 aromatic carbocycles. The van der Waals surface area contributed by atoms with Crippen molar-refractivity contribution in [3.05, 3.63) is 63.2 Å². The summed E-state index contributed by atoms with van der Waals surface area (Å²) < 4.78 is 0. The van der Waals surface area contributed by atoms with Gasteiger partial charge in [-0.3, -0.25) is 10.1 Å². The summed E-state index contributed by atoms with van der Waals surface area (Å²) in [7, 11) is 0. The number of halogens is 1. The Morgan fingerprint density at radius 3 is 2.72 bits per heavy atom. The molecule has 1 radical (unpaired) electrons. The minimum atomic E-state index is -0.553. The van der Waals surface area contributed by atoms with Gasteiger partial charge in [0.25, 0.3) is 5.69 Å². The van der Waals surface area contributed by atoms with E-state index in [1.165, 1.54) is 12.1 Å². The van der Waals surface area contributed by atoms with Gasteiger partial charge in [-0.15, -0.1) is 0 Å². The summed E-state index contributed by atoms with van der Waals surface area (Å²) in [4.78, 5) is 10.5. The van der Waals surface area contributed by atoms with Crippen molar-refractivity contribution in [2.24, 2.45) is 0 Å². The Balaban J connectivity index is 2.75. The predicted molar refractivity (Wildman–Crippen MR) is 67.1 cm³/mol. The first kappa shape index (κ1) is 12.1. The highest BCUT2D eigenvalue weighted by Crippen LogP contribution is 2.36. The first-order valence-electron chi connectivity index (χ1n) is 4.98. The van der Waals surface area contributed by atoms with Crippen molar-refractivity contribution in [2.45, 2.75) is 0 Å². The van der Waals surface area contributed by atoms with Gasteiger partial charge in [0, 0.05) is 6.07 Å². The summed E-state index contributed by atoms with van der Waals surface area (Å²) in [6, 6.07) is 14.2. The number of hydrogen-bond acceptors (Lipinski definition) is 3. The Bertz CT molecular complexity index is 648. The summed E-state index contributed by atoms with van der Waals surface area (Å²) in [6.07, 6.45) is 0. The maximum absolute atomic E-state index is 11.0. The maximum atomic E-state index is 11.0. The van der Waals surface area contributed by atoms with Crippen LogP contribution < -0.4 is 0 Å². The molecule has 0 bridgehead atoms. The van der Waals surface area contributed by atoms with Gasteiger partial charge in [-0.1, -0.05) is 35.9 Å². The third-order valence-electron chi connectivity index (χ3n) is 2.37. The van der Waals surface area contributed by atoms with Crippen LogP contribution in [-0.4, -0.2) is 4.92 Å². The van der Waals surface area contributed by atoms with E-state index >= 15 is 0 Å². The zero-order valence-electron chi connectivity index (χ0n) is 9.05. The molecule has 0 saturated carbocycles. The molecule has 0 aliphatic heterocycles. The van der Waals surface area contributed by atoms with Gasteiger partial charge >= 0.3 is 0 Å². The highest BCUT2D eigenvalue weighted by molar-refractivity contribution is 6.34. The third-order valence-corrected chi connectivity index (χ3v) is 2.67. The molecule has 18 heavy (non-hydrogen) atoms. The van der Waals surface area contributed by atoms with E-state index < -0.39 is 4.92 Å². The first-order chi connectivity index (χ1) is 8.63. The lowest BCUT2D eigenvalue weighted by molar-refractivity contribution is -0.384. The lowest BCUT2D eigenvalue weighted by atomic mass is 10.0. The van der Waals surface area contributed by atoms with Gasteiger partial charge in [0.15, 0.2) is 0 Å². The fourth-order valence-corrected chi connectivity index (χ4v) is 1.93. The average Bonchev–Trinajstić information content (AvgIpc) is 2.38. The summed E-state index contributed by atoms with van der Waals surface area (Å²) in [5, 5.41) is 20.0. The Morgan fingerprint density at radius 1 is 1.39 bits per heavy atom. The Labute approximate surface area is 108 Å². The molecule has 4 nitrogen and oxygen atoms in total. The smallest absolute Gasteiger partial charge is 0.258 e. The molecule has 87 valence electrons. The van der Waals surface area contributed by atoms with Gasteiger partial charge in [-0.2, -0.15) is 5.26 Å². The second-order valence-electron chi connectivity index (χ2n) is 3.50. The molecule has 0 N–H and O–H groups in total. The Hall–Kier alpha value is -2.38. The molecule has 0 aliphatic carbocycles. The third kappa shape index (κ3) is 2.17. The van der Waals surface area contributed by atoms with E-state index in [1.54, 1.807) is 24.3 Å². The van der Waals surface area contributed by atoms with Crippen LogP contribution in [0.1, 0.15) is 5.56 Å². The molecular weight excluding hydrogens is 252 g/mol. The molecule has 0 unspecified atom stereocenters. The zero-order chi connectivity index (χ0) is 13.1. The number of nitriles is 1. The molecular formula is C13H6ClN2O2. The molecule has 0 aromatic heterocycles. The second kappa shape index (κ2) is 4.86. The molecule has 0 atom stereocenters. The van der Waals surface area contributed by atoms with Gasteiger partial charge < -0.3 is 0 Å². The number of rotatable bonds is 2. The molecule has 2 rings (SSSR count). The molecule has 2 aromatic rings.